The third kappa shape index (κ3) is 2.45. The van der Waals surface area contributed by atoms with Crippen LogP contribution in [0, 0.1) is 0 Å². The van der Waals surface area contributed by atoms with E-state index in [9.17, 15) is 0 Å². The summed E-state index contributed by atoms with van der Waals surface area (Å²) in [5.41, 5.74) is 1.93. The largest absolute Gasteiger partial charge is 0.339 e. The predicted octanol–water partition coefficient (Wildman–Crippen LogP) is 3.20. The van der Waals surface area contributed by atoms with Crippen LogP contribution in [0.4, 0.5) is 0 Å². The Morgan fingerprint density at radius 3 is 3.29 bits per heavy atom. The molecule has 21 heavy (non-hydrogen) atoms. The lowest BCUT2D eigenvalue weighted by Crippen LogP contribution is -2.34. The summed E-state index contributed by atoms with van der Waals surface area (Å²) in [6.07, 6.45) is 3.91. The van der Waals surface area contributed by atoms with Crippen molar-refractivity contribution in [3.05, 3.63) is 29.6 Å². The Morgan fingerprint density at radius 2 is 2.38 bits per heavy atom. The second-order valence-electron chi connectivity index (χ2n) is 5.56. The molecule has 1 saturated heterocycles. The zero-order valence-corrected chi connectivity index (χ0v) is 12.6. The fourth-order valence-corrected chi connectivity index (χ4v) is 3.62. The number of pyridine rings is 1. The summed E-state index contributed by atoms with van der Waals surface area (Å²) in [5, 5.41) is 9.62. The molecule has 1 N–H and O–H groups in total. The van der Waals surface area contributed by atoms with Crippen molar-refractivity contribution in [2.24, 2.45) is 0 Å². The van der Waals surface area contributed by atoms with Crippen molar-refractivity contribution in [2.45, 2.75) is 31.7 Å². The molecule has 4 rings (SSSR count). The van der Waals surface area contributed by atoms with Crippen LogP contribution in [-0.2, 0) is 0 Å². The molecule has 1 aliphatic rings. The van der Waals surface area contributed by atoms with Gasteiger partial charge < -0.3 is 9.84 Å². The van der Waals surface area contributed by atoms with Crippen LogP contribution < -0.4 is 5.32 Å². The van der Waals surface area contributed by atoms with Gasteiger partial charge in [-0.15, -0.1) is 11.3 Å². The molecular formula is C15H16N4OS. The number of thiophene rings is 1. The number of hydrogen-bond donors (Lipinski definition) is 1. The summed E-state index contributed by atoms with van der Waals surface area (Å²) in [6, 6.07) is 4.59. The highest BCUT2D eigenvalue weighted by atomic mass is 32.1. The minimum atomic E-state index is 0.362. The molecule has 3 aromatic rings. The Labute approximate surface area is 126 Å². The predicted molar refractivity (Wildman–Crippen MR) is 82.4 cm³/mol. The first-order chi connectivity index (χ1) is 10.3. The molecular weight excluding hydrogens is 284 g/mol. The molecule has 0 aliphatic carbocycles. The zero-order chi connectivity index (χ0) is 14.2. The number of aromatic nitrogens is 3. The number of nitrogens with one attached hydrogen (secondary N) is 1. The summed E-state index contributed by atoms with van der Waals surface area (Å²) < 4.78 is 6.63. The number of hydrogen-bond acceptors (Lipinski definition) is 6. The number of piperidine rings is 1. The van der Waals surface area contributed by atoms with Gasteiger partial charge in [-0.1, -0.05) is 5.16 Å². The van der Waals surface area contributed by atoms with Crippen molar-refractivity contribution < 1.29 is 4.52 Å². The summed E-state index contributed by atoms with van der Waals surface area (Å²) in [4.78, 5) is 9.02. The molecule has 0 spiro atoms. The van der Waals surface area contributed by atoms with E-state index in [0.29, 0.717) is 17.8 Å². The third-order valence-corrected chi connectivity index (χ3v) is 4.83. The standard InChI is InChI=1S/C15H16N4OS/c1-9-6-10(2-4-16-9)15-18-14(19-20-15)11-7-13-12(17-8-11)3-5-21-13/h3,5,7-10,16H,2,4,6H2,1H3. The summed E-state index contributed by atoms with van der Waals surface area (Å²) >= 11 is 1.67. The summed E-state index contributed by atoms with van der Waals surface area (Å²) in [6.45, 7) is 3.20. The summed E-state index contributed by atoms with van der Waals surface area (Å²) in [7, 11) is 0. The van der Waals surface area contributed by atoms with Gasteiger partial charge in [0.25, 0.3) is 0 Å². The van der Waals surface area contributed by atoms with E-state index in [-0.39, 0.29) is 0 Å². The maximum Gasteiger partial charge on any atom is 0.230 e. The van der Waals surface area contributed by atoms with Crippen molar-refractivity contribution in [3.63, 3.8) is 0 Å². The molecule has 0 aromatic carbocycles. The van der Waals surface area contributed by atoms with Gasteiger partial charge in [0.15, 0.2) is 0 Å². The molecule has 4 heterocycles. The summed E-state index contributed by atoms with van der Waals surface area (Å²) in [5.74, 6) is 1.75. The Bertz CT molecular complexity index is 766. The van der Waals surface area contributed by atoms with E-state index in [1.54, 1.807) is 11.3 Å². The van der Waals surface area contributed by atoms with Crippen LogP contribution in [0.3, 0.4) is 0 Å². The van der Waals surface area contributed by atoms with Gasteiger partial charge in [-0.25, -0.2) is 0 Å². The third-order valence-electron chi connectivity index (χ3n) is 3.98. The average molecular weight is 300 g/mol. The minimum absolute atomic E-state index is 0.362. The fourth-order valence-electron chi connectivity index (χ4n) is 2.84. The highest BCUT2D eigenvalue weighted by Gasteiger charge is 2.25. The van der Waals surface area contributed by atoms with Gasteiger partial charge in [-0.05, 0) is 43.8 Å². The van der Waals surface area contributed by atoms with Crippen molar-refractivity contribution in [3.8, 4) is 11.4 Å². The highest BCUT2D eigenvalue weighted by molar-refractivity contribution is 7.17. The second kappa shape index (κ2) is 5.20. The maximum absolute atomic E-state index is 5.49. The van der Waals surface area contributed by atoms with E-state index < -0.39 is 0 Å². The normalized spacial score (nSPS) is 22.7. The van der Waals surface area contributed by atoms with Crippen LogP contribution in [0.25, 0.3) is 21.6 Å². The SMILES string of the molecule is CC1CC(c2nc(-c3cnc4ccsc4c3)no2)CCN1. The molecule has 0 amide bonds. The minimum Gasteiger partial charge on any atom is -0.339 e. The molecule has 1 fully saturated rings. The van der Waals surface area contributed by atoms with Gasteiger partial charge in [0, 0.05) is 23.7 Å². The zero-order valence-electron chi connectivity index (χ0n) is 11.7. The van der Waals surface area contributed by atoms with Gasteiger partial charge in [0.05, 0.1) is 10.2 Å². The monoisotopic (exact) mass is 300 g/mol. The topological polar surface area (TPSA) is 63.8 Å². The average Bonchev–Trinajstić information content (AvgIpc) is 3.15. The molecule has 108 valence electrons. The van der Waals surface area contributed by atoms with Crippen molar-refractivity contribution in [2.75, 3.05) is 6.54 Å². The van der Waals surface area contributed by atoms with Gasteiger partial charge in [0.2, 0.25) is 11.7 Å². The van der Waals surface area contributed by atoms with Gasteiger partial charge in [-0.2, -0.15) is 4.98 Å². The van der Waals surface area contributed by atoms with Crippen LogP contribution >= 0.6 is 11.3 Å². The van der Waals surface area contributed by atoms with E-state index in [1.165, 1.54) is 0 Å². The van der Waals surface area contributed by atoms with Gasteiger partial charge >= 0.3 is 0 Å². The van der Waals surface area contributed by atoms with E-state index >= 15 is 0 Å². The molecule has 2 atom stereocenters. The molecule has 2 unspecified atom stereocenters. The first-order valence-electron chi connectivity index (χ1n) is 7.20. The lowest BCUT2D eigenvalue weighted by molar-refractivity contribution is 0.295. The second-order valence-corrected chi connectivity index (χ2v) is 6.51. The van der Waals surface area contributed by atoms with Crippen LogP contribution in [0.5, 0.6) is 0 Å². The molecule has 5 nitrogen and oxygen atoms in total. The van der Waals surface area contributed by atoms with E-state index in [1.807, 2.05) is 17.6 Å². The van der Waals surface area contributed by atoms with Crippen LogP contribution in [0.2, 0.25) is 0 Å². The lowest BCUT2D eigenvalue weighted by Gasteiger charge is -2.25. The molecule has 0 saturated carbocycles. The fraction of sp³-hybridized carbons (Fsp3) is 0.400. The Morgan fingerprint density at radius 1 is 1.43 bits per heavy atom. The first-order valence-corrected chi connectivity index (χ1v) is 8.08. The number of nitrogens with zero attached hydrogens (tertiary/aromatic N) is 3. The molecule has 3 aromatic heterocycles. The first kappa shape index (κ1) is 12.9. The van der Waals surface area contributed by atoms with Crippen molar-refractivity contribution in [1.82, 2.24) is 20.4 Å². The Kier molecular flexibility index (Phi) is 3.20. The molecule has 0 bridgehead atoms. The van der Waals surface area contributed by atoms with E-state index in [4.69, 9.17) is 4.52 Å². The number of fused-ring (bicyclic) bond motifs is 1. The van der Waals surface area contributed by atoms with Gasteiger partial charge in [0.1, 0.15) is 0 Å². The van der Waals surface area contributed by atoms with Crippen LogP contribution in [0.1, 0.15) is 31.6 Å². The molecule has 6 heteroatoms. The Hall–Kier alpha value is -1.79. The quantitative estimate of drug-likeness (QED) is 0.787. The molecule has 1 aliphatic heterocycles. The Balaban J connectivity index is 1.63. The highest BCUT2D eigenvalue weighted by Crippen LogP contribution is 2.29. The maximum atomic E-state index is 5.49. The van der Waals surface area contributed by atoms with Crippen molar-refractivity contribution in [1.29, 1.82) is 0 Å². The van der Waals surface area contributed by atoms with Crippen LogP contribution in [-0.4, -0.2) is 27.7 Å². The lowest BCUT2D eigenvalue weighted by atomic mass is 9.93. The van der Waals surface area contributed by atoms with E-state index in [2.05, 4.69) is 33.4 Å². The van der Waals surface area contributed by atoms with Crippen LogP contribution in [0.15, 0.2) is 28.2 Å². The number of rotatable bonds is 2. The smallest absolute Gasteiger partial charge is 0.230 e. The van der Waals surface area contributed by atoms with Crippen molar-refractivity contribution >= 4 is 21.6 Å². The van der Waals surface area contributed by atoms with Gasteiger partial charge in [-0.3, -0.25) is 4.98 Å². The molecule has 0 radical (unpaired) electrons. The van der Waals surface area contributed by atoms with E-state index in [0.717, 1.165) is 41.1 Å².